The normalized spacial score (nSPS) is 23.2. The molecule has 8 nitrogen and oxygen atoms in total. The average molecular weight is 456 g/mol. The fourth-order valence-corrected chi connectivity index (χ4v) is 4.15. The number of nitrogens with zero attached hydrogens (tertiary/aromatic N) is 2. The molecular formula is C24H37BN4O4. The van der Waals surface area contributed by atoms with Gasteiger partial charge in [-0.1, -0.05) is 26.0 Å². The van der Waals surface area contributed by atoms with Gasteiger partial charge in [-0.15, -0.1) is 0 Å². The number of hydrogen-bond acceptors (Lipinski definition) is 5. The lowest BCUT2D eigenvalue weighted by Crippen LogP contribution is -2.48. The molecule has 2 unspecified atom stereocenters. The van der Waals surface area contributed by atoms with Crippen molar-refractivity contribution in [2.45, 2.75) is 84.6 Å². The van der Waals surface area contributed by atoms with E-state index in [4.69, 9.17) is 15.0 Å². The van der Waals surface area contributed by atoms with Crippen LogP contribution in [0.15, 0.2) is 29.3 Å². The van der Waals surface area contributed by atoms with E-state index in [1.807, 2.05) is 65.8 Å². The SMILES string of the molecule is CC(N)=NC(C(=O)N1CCCC1C(=O)Nc1cccc(B2OC(C)(C)C(C)(C)O2)c1)C(C)C. The summed E-state index contributed by atoms with van der Waals surface area (Å²) in [5, 5.41) is 2.98. The van der Waals surface area contributed by atoms with Crippen LogP contribution in [0.4, 0.5) is 5.69 Å². The highest BCUT2D eigenvalue weighted by Gasteiger charge is 2.51. The third kappa shape index (κ3) is 5.41. The van der Waals surface area contributed by atoms with E-state index in [2.05, 4.69) is 10.3 Å². The van der Waals surface area contributed by atoms with Crippen molar-refractivity contribution < 1.29 is 18.9 Å². The van der Waals surface area contributed by atoms with Crippen LogP contribution in [0.2, 0.25) is 0 Å². The molecule has 2 heterocycles. The van der Waals surface area contributed by atoms with Crippen LogP contribution in [0.1, 0.15) is 61.3 Å². The molecule has 0 aromatic heterocycles. The quantitative estimate of drug-likeness (QED) is 0.388. The molecule has 1 aromatic carbocycles. The minimum Gasteiger partial charge on any atom is -0.399 e. The average Bonchev–Trinajstić information content (AvgIpc) is 3.28. The van der Waals surface area contributed by atoms with Gasteiger partial charge in [0.1, 0.15) is 12.1 Å². The van der Waals surface area contributed by atoms with Gasteiger partial charge in [-0.25, -0.2) is 0 Å². The monoisotopic (exact) mass is 456 g/mol. The number of benzene rings is 1. The summed E-state index contributed by atoms with van der Waals surface area (Å²) in [6, 6.07) is 6.35. The first-order chi connectivity index (χ1) is 15.3. The zero-order valence-corrected chi connectivity index (χ0v) is 20.8. The first-order valence-electron chi connectivity index (χ1n) is 11.7. The summed E-state index contributed by atoms with van der Waals surface area (Å²) in [5.41, 5.74) is 6.33. The molecule has 0 aliphatic carbocycles. The van der Waals surface area contributed by atoms with E-state index in [0.29, 0.717) is 24.5 Å². The standard InChI is InChI=1S/C24H37BN4O4/c1-15(2)20(27-16(3)26)22(31)29-13-9-12-19(29)21(30)28-18-11-8-10-17(14-18)25-32-23(4,5)24(6,7)33-25/h8,10-11,14-15,19-20H,9,12-13H2,1-7H3,(H2,26,27)(H,28,30). The van der Waals surface area contributed by atoms with Crippen LogP contribution in [-0.2, 0) is 18.9 Å². The van der Waals surface area contributed by atoms with Crippen LogP contribution in [0.5, 0.6) is 0 Å². The lowest BCUT2D eigenvalue weighted by atomic mass is 9.79. The maximum Gasteiger partial charge on any atom is 0.494 e. The fraction of sp³-hybridized carbons (Fsp3) is 0.625. The van der Waals surface area contributed by atoms with Crippen LogP contribution in [0.25, 0.3) is 0 Å². The summed E-state index contributed by atoms with van der Waals surface area (Å²) in [7, 11) is -0.513. The third-order valence-electron chi connectivity index (χ3n) is 6.75. The van der Waals surface area contributed by atoms with Gasteiger partial charge < -0.3 is 25.3 Å². The highest BCUT2D eigenvalue weighted by molar-refractivity contribution is 6.62. The van der Waals surface area contributed by atoms with Gasteiger partial charge in [-0.05, 0) is 71.0 Å². The lowest BCUT2D eigenvalue weighted by molar-refractivity contribution is -0.138. The summed E-state index contributed by atoms with van der Waals surface area (Å²) in [5.74, 6) is -0.0139. The first-order valence-corrected chi connectivity index (χ1v) is 11.7. The fourth-order valence-electron chi connectivity index (χ4n) is 4.15. The van der Waals surface area contributed by atoms with E-state index >= 15 is 0 Å². The van der Waals surface area contributed by atoms with Crippen LogP contribution in [-0.4, -0.2) is 59.5 Å². The number of carbonyl (C=O) groups is 2. The topological polar surface area (TPSA) is 106 Å². The van der Waals surface area contributed by atoms with Gasteiger partial charge in [0.05, 0.1) is 17.0 Å². The number of anilines is 1. The Balaban J connectivity index is 1.73. The van der Waals surface area contributed by atoms with Crippen molar-refractivity contribution in [2.24, 2.45) is 16.6 Å². The number of amidine groups is 1. The van der Waals surface area contributed by atoms with Crippen LogP contribution in [0.3, 0.4) is 0 Å². The number of nitrogens with one attached hydrogen (secondary N) is 1. The van der Waals surface area contributed by atoms with Gasteiger partial charge in [0.25, 0.3) is 0 Å². The molecule has 3 rings (SSSR count). The maximum atomic E-state index is 13.2. The number of nitrogens with two attached hydrogens (primary N) is 1. The number of carbonyl (C=O) groups excluding carboxylic acids is 2. The molecule has 0 saturated carbocycles. The van der Waals surface area contributed by atoms with E-state index in [-0.39, 0.29) is 17.7 Å². The predicted molar refractivity (Wildman–Crippen MR) is 131 cm³/mol. The number of hydrogen-bond donors (Lipinski definition) is 2. The minimum atomic E-state index is -0.588. The van der Waals surface area contributed by atoms with Gasteiger partial charge in [0.15, 0.2) is 0 Å². The Morgan fingerprint density at radius 2 is 1.85 bits per heavy atom. The van der Waals surface area contributed by atoms with Crippen molar-refractivity contribution in [3.8, 4) is 0 Å². The molecule has 2 saturated heterocycles. The maximum absolute atomic E-state index is 13.2. The second kappa shape index (κ2) is 9.47. The second-order valence-corrected chi connectivity index (χ2v) is 10.4. The van der Waals surface area contributed by atoms with Gasteiger partial charge >= 0.3 is 7.12 Å². The molecule has 2 atom stereocenters. The van der Waals surface area contributed by atoms with E-state index in [1.54, 1.807) is 11.8 Å². The molecule has 2 aliphatic rings. The predicted octanol–water partition coefficient (Wildman–Crippen LogP) is 2.32. The molecule has 3 N–H and O–H groups in total. The van der Waals surface area contributed by atoms with Crippen molar-refractivity contribution in [3.05, 3.63) is 24.3 Å². The van der Waals surface area contributed by atoms with E-state index in [9.17, 15) is 9.59 Å². The Kier molecular flexibility index (Phi) is 7.24. The summed E-state index contributed by atoms with van der Waals surface area (Å²) in [6.07, 6.45) is 1.39. The molecule has 0 bridgehead atoms. The highest BCUT2D eigenvalue weighted by Crippen LogP contribution is 2.36. The Hall–Kier alpha value is -2.39. The first kappa shape index (κ1) is 25.2. The van der Waals surface area contributed by atoms with E-state index in [0.717, 1.165) is 11.9 Å². The lowest BCUT2D eigenvalue weighted by Gasteiger charge is -2.32. The molecule has 2 amide bonds. The zero-order valence-electron chi connectivity index (χ0n) is 20.8. The molecule has 0 radical (unpaired) electrons. The van der Waals surface area contributed by atoms with E-state index < -0.39 is 30.4 Å². The summed E-state index contributed by atoms with van der Waals surface area (Å²) < 4.78 is 12.3. The Morgan fingerprint density at radius 3 is 2.42 bits per heavy atom. The molecule has 2 fully saturated rings. The van der Waals surface area contributed by atoms with Crippen LogP contribution in [0, 0.1) is 5.92 Å². The summed E-state index contributed by atoms with van der Waals surface area (Å²) in [6.45, 7) is 14.1. The molecule has 180 valence electrons. The van der Waals surface area contributed by atoms with Crippen molar-refractivity contribution in [3.63, 3.8) is 0 Å². The minimum absolute atomic E-state index is 0.0168. The van der Waals surface area contributed by atoms with Crippen molar-refractivity contribution in [1.82, 2.24) is 4.90 Å². The molecule has 33 heavy (non-hydrogen) atoms. The smallest absolute Gasteiger partial charge is 0.399 e. The second-order valence-electron chi connectivity index (χ2n) is 10.4. The molecule has 9 heteroatoms. The van der Waals surface area contributed by atoms with Crippen molar-refractivity contribution >= 4 is 35.9 Å². The largest absolute Gasteiger partial charge is 0.494 e. The molecule has 0 spiro atoms. The highest BCUT2D eigenvalue weighted by atomic mass is 16.7. The number of amides is 2. The van der Waals surface area contributed by atoms with Crippen molar-refractivity contribution in [1.29, 1.82) is 0 Å². The number of rotatable bonds is 6. The number of aliphatic imine (C=N–C) groups is 1. The van der Waals surface area contributed by atoms with Crippen LogP contribution >= 0.6 is 0 Å². The van der Waals surface area contributed by atoms with Crippen LogP contribution < -0.4 is 16.5 Å². The third-order valence-corrected chi connectivity index (χ3v) is 6.75. The Labute approximate surface area is 197 Å². The molecular weight excluding hydrogens is 419 g/mol. The van der Waals surface area contributed by atoms with E-state index in [1.165, 1.54) is 0 Å². The Bertz CT molecular complexity index is 911. The van der Waals surface area contributed by atoms with Gasteiger partial charge in [0, 0.05) is 12.2 Å². The van der Waals surface area contributed by atoms with Crippen molar-refractivity contribution in [2.75, 3.05) is 11.9 Å². The molecule has 1 aromatic rings. The zero-order chi connectivity index (χ0) is 24.6. The van der Waals surface area contributed by atoms with Gasteiger partial charge in [-0.3, -0.25) is 14.6 Å². The summed E-state index contributed by atoms with van der Waals surface area (Å²) >= 11 is 0. The van der Waals surface area contributed by atoms with Gasteiger partial charge in [-0.2, -0.15) is 0 Å². The molecule has 2 aliphatic heterocycles. The Morgan fingerprint density at radius 1 is 1.21 bits per heavy atom. The summed E-state index contributed by atoms with van der Waals surface area (Å²) in [4.78, 5) is 32.3. The van der Waals surface area contributed by atoms with Gasteiger partial charge in [0.2, 0.25) is 11.8 Å². The number of likely N-dealkylation sites (tertiary alicyclic amines) is 1.